The molecule has 1 aliphatic rings. The Morgan fingerprint density at radius 1 is 1.17 bits per heavy atom. The van der Waals surface area contributed by atoms with Crippen LogP contribution in [0.3, 0.4) is 0 Å². The molecule has 0 aliphatic heterocycles. The molecule has 1 fully saturated rings. The zero-order valence-corrected chi connectivity index (χ0v) is 11.5. The molecule has 1 aromatic rings. The van der Waals surface area contributed by atoms with Gasteiger partial charge in [0, 0.05) is 6.54 Å². The molecule has 0 bridgehead atoms. The summed E-state index contributed by atoms with van der Waals surface area (Å²) in [5.41, 5.74) is 0.491. The lowest BCUT2D eigenvalue weighted by molar-refractivity contribution is 0.193. The lowest BCUT2D eigenvalue weighted by atomic mass is 9.83. The van der Waals surface area contributed by atoms with Gasteiger partial charge >= 0.3 is 0 Å². The molecule has 0 spiro atoms. The highest BCUT2D eigenvalue weighted by Crippen LogP contribution is 2.40. The first-order valence-electron chi connectivity index (χ1n) is 7.23. The number of hydrogen-bond acceptors (Lipinski definition) is 2. The van der Waals surface area contributed by atoms with Crippen LogP contribution in [0.1, 0.15) is 39.0 Å². The van der Waals surface area contributed by atoms with Crippen LogP contribution in [0.4, 0.5) is 0 Å². The molecule has 1 aliphatic carbocycles. The van der Waals surface area contributed by atoms with E-state index in [9.17, 15) is 0 Å². The van der Waals surface area contributed by atoms with Crippen molar-refractivity contribution < 1.29 is 4.74 Å². The maximum absolute atomic E-state index is 5.85. The highest BCUT2D eigenvalue weighted by molar-refractivity contribution is 5.20. The topological polar surface area (TPSA) is 21.3 Å². The van der Waals surface area contributed by atoms with Gasteiger partial charge in [0.2, 0.25) is 0 Å². The van der Waals surface area contributed by atoms with Gasteiger partial charge in [-0.15, -0.1) is 0 Å². The summed E-state index contributed by atoms with van der Waals surface area (Å²) in [5, 5.41) is 3.52. The van der Waals surface area contributed by atoms with Crippen LogP contribution in [0.2, 0.25) is 0 Å². The van der Waals surface area contributed by atoms with Gasteiger partial charge in [0.05, 0.1) is 6.61 Å². The molecule has 2 nitrogen and oxygen atoms in total. The van der Waals surface area contributed by atoms with Crippen LogP contribution >= 0.6 is 0 Å². The van der Waals surface area contributed by atoms with Gasteiger partial charge in [-0.05, 0) is 43.4 Å². The molecule has 1 N–H and O–H groups in total. The second-order valence-electron chi connectivity index (χ2n) is 5.40. The zero-order valence-electron chi connectivity index (χ0n) is 11.5. The van der Waals surface area contributed by atoms with Crippen molar-refractivity contribution in [2.24, 2.45) is 5.41 Å². The van der Waals surface area contributed by atoms with Crippen molar-refractivity contribution in [1.29, 1.82) is 0 Å². The summed E-state index contributed by atoms with van der Waals surface area (Å²) in [6.07, 6.45) is 6.67. The van der Waals surface area contributed by atoms with Gasteiger partial charge in [0.25, 0.3) is 0 Å². The molecule has 18 heavy (non-hydrogen) atoms. The third kappa shape index (κ3) is 3.74. The van der Waals surface area contributed by atoms with Crippen LogP contribution in [0.5, 0.6) is 5.75 Å². The van der Waals surface area contributed by atoms with Crippen LogP contribution in [-0.4, -0.2) is 19.7 Å². The lowest BCUT2D eigenvalue weighted by Crippen LogP contribution is -2.33. The summed E-state index contributed by atoms with van der Waals surface area (Å²) in [6.45, 7) is 5.25. The fourth-order valence-corrected chi connectivity index (χ4v) is 2.93. The molecule has 0 saturated heterocycles. The molecule has 100 valence electrons. The first kappa shape index (κ1) is 13.4. The Labute approximate surface area is 111 Å². The van der Waals surface area contributed by atoms with E-state index in [1.807, 2.05) is 30.3 Å². The van der Waals surface area contributed by atoms with E-state index in [0.717, 1.165) is 25.4 Å². The van der Waals surface area contributed by atoms with Crippen molar-refractivity contribution in [2.45, 2.75) is 39.0 Å². The van der Waals surface area contributed by atoms with E-state index in [1.54, 1.807) is 0 Å². The summed E-state index contributed by atoms with van der Waals surface area (Å²) in [6, 6.07) is 10.1. The standard InChI is InChI=1S/C16H25NO/c1-2-17-14-16(10-6-7-11-16)12-13-18-15-8-4-3-5-9-15/h3-5,8-9,17H,2,6-7,10-14H2,1H3. The highest BCUT2D eigenvalue weighted by Gasteiger charge is 2.32. The van der Waals surface area contributed by atoms with Gasteiger partial charge < -0.3 is 10.1 Å². The van der Waals surface area contributed by atoms with Gasteiger partial charge in [-0.25, -0.2) is 0 Å². The van der Waals surface area contributed by atoms with E-state index in [1.165, 1.54) is 32.1 Å². The number of ether oxygens (including phenoxy) is 1. The molecule has 0 heterocycles. The van der Waals surface area contributed by atoms with Crippen LogP contribution < -0.4 is 10.1 Å². The van der Waals surface area contributed by atoms with Crippen molar-refractivity contribution in [3.8, 4) is 5.75 Å². The number of nitrogens with one attached hydrogen (secondary N) is 1. The molecular weight excluding hydrogens is 222 g/mol. The predicted molar refractivity (Wildman–Crippen MR) is 76.0 cm³/mol. The minimum absolute atomic E-state index is 0.491. The summed E-state index contributed by atoms with van der Waals surface area (Å²) < 4.78 is 5.85. The SMILES string of the molecule is CCNCC1(CCOc2ccccc2)CCCC1. The maximum Gasteiger partial charge on any atom is 0.119 e. The van der Waals surface area contributed by atoms with Gasteiger partial charge in [-0.3, -0.25) is 0 Å². The Balaban J connectivity index is 1.79. The molecule has 0 amide bonds. The Hall–Kier alpha value is -1.02. The second-order valence-corrected chi connectivity index (χ2v) is 5.40. The minimum Gasteiger partial charge on any atom is -0.494 e. The molecule has 0 atom stereocenters. The highest BCUT2D eigenvalue weighted by atomic mass is 16.5. The van der Waals surface area contributed by atoms with Crippen LogP contribution in [0.15, 0.2) is 30.3 Å². The number of para-hydroxylation sites is 1. The quantitative estimate of drug-likeness (QED) is 0.794. The van der Waals surface area contributed by atoms with Crippen molar-refractivity contribution in [3.05, 3.63) is 30.3 Å². The summed E-state index contributed by atoms with van der Waals surface area (Å²) in [4.78, 5) is 0. The fraction of sp³-hybridized carbons (Fsp3) is 0.625. The first-order chi connectivity index (χ1) is 8.85. The van der Waals surface area contributed by atoms with Gasteiger partial charge in [-0.1, -0.05) is 38.0 Å². The van der Waals surface area contributed by atoms with E-state index in [2.05, 4.69) is 12.2 Å². The Bertz CT molecular complexity index is 330. The summed E-state index contributed by atoms with van der Waals surface area (Å²) >= 11 is 0. The predicted octanol–water partition coefficient (Wildman–Crippen LogP) is 3.63. The molecule has 0 aromatic heterocycles. The van der Waals surface area contributed by atoms with E-state index >= 15 is 0 Å². The Morgan fingerprint density at radius 2 is 1.89 bits per heavy atom. The third-order valence-corrected chi connectivity index (χ3v) is 4.06. The summed E-state index contributed by atoms with van der Waals surface area (Å²) in [7, 11) is 0. The number of benzene rings is 1. The van der Waals surface area contributed by atoms with E-state index in [4.69, 9.17) is 4.74 Å². The number of rotatable bonds is 7. The second kappa shape index (κ2) is 6.79. The maximum atomic E-state index is 5.85. The van der Waals surface area contributed by atoms with E-state index in [0.29, 0.717) is 5.41 Å². The van der Waals surface area contributed by atoms with Crippen LogP contribution in [0.25, 0.3) is 0 Å². The zero-order chi connectivity index (χ0) is 12.7. The number of hydrogen-bond donors (Lipinski definition) is 1. The van der Waals surface area contributed by atoms with Crippen molar-refractivity contribution in [1.82, 2.24) is 5.32 Å². The van der Waals surface area contributed by atoms with Crippen molar-refractivity contribution >= 4 is 0 Å². The van der Waals surface area contributed by atoms with Crippen molar-refractivity contribution in [3.63, 3.8) is 0 Å². The smallest absolute Gasteiger partial charge is 0.119 e. The molecule has 0 radical (unpaired) electrons. The third-order valence-electron chi connectivity index (χ3n) is 4.06. The van der Waals surface area contributed by atoms with Gasteiger partial charge in [0.1, 0.15) is 5.75 Å². The Kier molecular flexibility index (Phi) is 5.06. The van der Waals surface area contributed by atoms with Gasteiger partial charge in [-0.2, -0.15) is 0 Å². The van der Waals surface area contributed by atoms with Crippen LogP contribution in [0, 0.1) is 5.41 Å². The largest absolute Gasteiger partial charge is 0.494 e. The average molecular weight is 247 g/mol. The molecule has 2 heteroatoms. The van der Waals surface area contributed by atoms with Gasteiger partial charge in [0.15, 0.2) is 0 Å². The fourth-order valence-electron chi connectivity index (χ4n) is 2.93. The first-order valence-corrected chi connectivity index (χ1v) is 7.23. The molecular formula is C16H25NO. The van der Waals surface area contributed by atoms with Crippen LogP contribution in [-0.2, 0) is 0 Å². The van der Waals surface area contributed by atoms with E-state index < -0.39 is 0 Å². The molecule has 1 saturated carbocycles. The average Bonchev–Trinajstić information content (AvgIpc) is 2.87. The Morgan fingerprint density at radius 3 is 2.56 bits per heavy atom. The monoisotopic (exact) mass is 247 g/mol. The van der Waals surface area contributed by atoms with Crippen molar-refractivity contribution in [2.75, 3.05) is 19.7 Å². The van der Waals surface area contributed by atoms with E-state index in [-0.39, 0.29) is 0 Å². The minimum atomic E-state index is 0.491. The lowest BCUT2D eigenvalue weighted by Gasteiger charge is -2.29. The molecule has 1 aromatic carbocycles. The summed E-state index contributed by atoms with van der Waals surface area (Å²) in [5.74, 6) is 0.995. The molecule has 0 unspecified atom stereocenters. The molecule has 2 rings (SSSR count). The normalized spacial score (nSPS) is 17.8.